The van der Waals surface area contributed by atoms with E-state index in [0.29, 0.717) is 0 Å². The fourth-order valence-corrected chi connectivity index (χ4v) is 3.98. The smallest absolute Gasteiger partial charge is 0.387 e. The molecular weight excluding hydrogens is 469 g/mol. The van der Waals surface area contributed by atoms with E-state index in [1.54, 1.807) is 0 Å². The van der Waals surface area contributed by atoms with Gasteiger partial charge in [0.05, 0.1) is 25.3 Å². The monoisotopic (exact) mass is 484 g/mol. The average molecular weight is 484 g/mol. The van der Waals surface area contributed by atoms with Crippen molar-refractivity contribution in [3.63, 3.8) is 0 Å². The summed E-state index contributed by atoms with van der Waals surface area (Å²) >= 11 is 0. The third-order valence-electron chi connectivity index (χ3n) is 4.52. The summed E-state index contributed by atoms with van der Waals surface area (Å²) in [5, 5.41) is 5.40. The molecular formula is C18H15F3N6O5S. The van der Waals surface area contributed by atoms with Crippen LogP contribution in [0.15, 0.2) is 35.6 Å². The number of H-pyrrole nitrogens is 1. The molecule has 3 heterocycles. The summed E-state index contributed by atoms with van der Waals surface area (Å²) < 4.78 is 80.7. The highest BCUT2D eigenvalue weighted by molar-refractivity contribution is 7.89. The summed E-state index contributed by atoms with van der Waals surface area (Å²) in [5.74, 6) is -2.42. The minimum Gasteiger partial charge on any atom is -0.478 e. The van der Waals surface area contributed by atoms with Crippen LogP contribution in [0.4, 0.5) is 13.2 Å². The SMILES string of the molecule is COc1nc(-n2cc(S(N)(=O)=O)c3ccc(F)c(-c4ncc[nH]4)c32)nc(OC)c1OC(F)F. The number of ether oxygens (including phenoxy) is 3. The number of hydrogen-bond donors (Lipinski definition) is 2. The van der Waals surface area contributed by atoms with E-state index in [1.165, 1.54) is 18.5 Å². The van der Waals surface area contributed by atoms with Gasteiger partial charge in [-0.3, -0.25) is 4.57 Å². The maximum atomic E-state index is 14.9. The molecule has 0 saturated carbocycles. The van der Waals surface area contributed by atoms with Gasteiger partial charge in [0.2, 0.25) is 21.7 Å². The van der Waals surface area contributed by atoms with Crippen LogP contribution < -0.4 is 19.3 Å². The number of aromatic amines is 1. The topological polar surface area (TPSA) is 147 Å². The number of rotatable bonds is 7. The highest BCUT2D eigenvalue weighted by atomic mass is 32.2. The second kappa shape index (κ2) is 8.25. The fourth-order valence-electron chi connectivity index (χ4n) is 3.25. The first-order valence-corrected chi connectivity index (χ1v) is 10.5. The quantitative estimate of drug-likeness (QED) is 0.406. The van der Waals surface area contributed by atoms with E-state index in [-0.39, 0.29) is 33.1 Å². The van der Waals surface area contributed by atoms with E-state index in [9.17, 15) is 21.6 Å². The molecule has 0 radical (unpaired) electrons. The third-order valence-corrected chi connectivity index (χ3v) is 5.46. The first kappa shape index (κ1) is 22.3. The zero-order valence-electron chi connectivity index (χ0n) is 16.9. The van der Waals surface area contributed by atoms with Crippen LogP contribution in [-0.2, 0) is 10.0 Å². The lowest BCUT2D eigenvalue weighted by Crippen LogP contribution is -2.12. The Morgan fingerprint density at radius 3 is 2.33 bits per heavy atom. The van der Waals surface area contributed by atoms with Crippen LogP contribution >= 0.6 is 0 Å². The molecule has 0 spiro atoms. The zero-order valence-corrected chi connectivity index (χ0v) is 17.7. The van der Waals surface area contributed by atoms with Gasteiger partial charge in [-0.1, -0.05) is 0 Å². The minimum absolute atomic E-state index is 0.0133. The molecule has 0 fully saturated rings. The van der Waals surface area contributed by atoms with Gasteiger partial charge in [0.1, 0.15) is 16.5 Å². The maximum Gasteiger partial charge on any atom is 0.387 e. The number of aromatic nitrogens is 5. The molecule has 11 nitrogen and oxygen atoms in total. The summed E-state index contributed by atoms with van der Waals surface area (Å²) in [6.45, 7) is -3.23. The molecule has 15 heteroatoms. The van der Waals surface area contributed by atoms with Crippen LogP contribution in [0, 0.1) is 5.82 Å². The number of sulfonamides is 1. The molecule has 0 aliphatic carbocycles. The Kier molecular flexibility index (Phi) is 5.59. The molecule has 0 unspecified atom stereocenters. The number of hydrogen-bond acceptors (Lipinski definition) is 8. The number of alkyl halides is 2. The molecule has 0 aliphatic rings. The van der Waals surface area contributed by atoms with Crippen molar-refractivity contribution >= 4 is 20.9 Å². The van der Waals surface area contributed by atoms with E-state index in [1.807, 2.05) is 0 Å². The molecule has 0 amide bonds. The van der Waals surface area contributed by atoms with Crippen molar-refractivity contribution in [1.29, 1.82) is 0 Å². The van der Waals surface area contributed by atoms with E-state index >= 15 is 0 Å². The Labute approximate surface area is 184 Å². The van der Waals surface area contributed by atoms with Crippen molar-refractivity contribution in [3.05, 3.63) is 36.5 Å². The van der Waals surface area contributed by atoms with Gasteiger partial charge < -0.3 is 19.2 Å². The first-order valence-electron chi connectivity index (χ1n) is 8.97. The lowest BCUT2D eigenvalue weighted by atomic mass is 10.1. The first-order chi connectivity index (χ1) is 15.7. The molecule has 3 aromatic heterocycles. The third kappa shape index (κ3) is 3.91. The summed E-state index contributed by atoms with van der Waals surface area (Å²) in [7, 11) is -2.01. The van der Waals surface area contributed by atoms with Crippen molar-refractivity contribution in [1.82, 2.24) is 24.5 Å². The van der Waals surface area contributed by atoms with E-state index in [2.05, 4.69) is 24.7 Å². The number of nitrogens with two attached hydrogens (primary N) is 1. The van der Waals surface area contributed by atoms with Gasteiger partial charge in [0.25, 0.3) is 11.8 Å². The molecule has 33 heavy (non-hydrogen) atoms. The predicted molar refractivity (Wildman–Crippen MR) is 108 cm³/mol. The number of halogens is 3. The van der Waals surface area contributed by atoms with Crippen LogP contribution in [0.3, 0.4) is 0 Å². The van der Waals surface area contributed by atoms with Gasteiger partial charge in [-0.25, -0.2) is 22.9 Å². The van der Waals surface area contributed by atoms with Gasteiger partial charge in [-0.2, -0.15) is 18.7 Å². The minimum atomic E-state index is -4.29. The Morgan fingerprint density at radius 1 is 1.15 bits per heavy atom. The number of nitrogens with zero attached hydrogens (tertiary/aromatic N) is 4. The van der Waals surface area contributed by atoms with Crippen molar-refractivity contribution in [2.75, 3.05) is 14.2 Å². The fraction of sp³-hybridized carbons (Fsp3) is 0.167. The molecule has 1 aromatic carbocycles. The van der Waals surface area contributed by atoms with Crippen LogP contribution in [0.25, 0.3) is 28.2 Å². The van der Waals surface area contributed by atoms with E-state index in [4.69, 9.17) is 14.6 Å². The zero-order chi connectivity index (χ0) is 23.9. The Bertz CT molecular complexity index is 1410. The summed E-state index contributed by atoms with van der Waals surface area (Å²) in [5.41, 5.74) is -0.123. The Hall–Kier alpha value is -3.85. The van der Waals surface area contributed by atoms with Crippen molar-refractivity contribution in [2.45, 2.75) is 11.5 Å². The molecule has 0 bridgehead atoms. The molecule has 4 aromatic rings. The van der Waals surface area contributed by atoms with Gasteiger partial charge >= 0.3 is 6.61 Å². The van der Waals surface area contributed by atoms with Crippen molar-refractivity contribution < 1.29 is 35.8 Å². The van der Waals surface area contributed by atoms with Crippen LogP contribution in [0.1, 0.15) is 0 Å². The number of methoxy groups -OCH3 is 2. The highest BCUT2D eigenvalue weighted by Crippen LogP contribution is 2.39. The highest BCUT2D eigenvalue weighted by Gasteiger charge is 2.27. The lowest BCUT2D eigenvalue weighted by Gasteiger charge is -2.14. The summed E-state index contributed by atoms with van der Waals surface area (Å²) in [4.78, 5) is 14.5. The lowest BCUT2D eigenvalue weighted by molar-refractivity contribution is -0.0534. The normalized spacial score (nSPS) is 11.8. The molecule has 3 N–H and O–H groups in total. The molecule has 4 rings (SSSR count). The van der Waals surface area contributed by atoms with Crippen LogP contribution in [0.2, 0.25) is 0 Å². The molecule has 0 atom stereocenters. The number of nitrogens with one attached hydrogen (secondary N) is 1. The Balaban J connectivity index is 2.11. The summed E-state index contributed by atoms with van der Waals surface area (Å²) in [6.07, 6.45) is 3.88. The number of imidazole rings is 1. The van der Waals surface area contributed by atoms with Gasteiger partial charge in [0, 0.05) is 24.0 Å². The van der Waals surface area contributed by atoms with Crippen molar-refractivity contribution in [3.8, 4) is 34.8 Å². The number of benzene rings is 1. The molecule has 0 saturated heterocycles. The Morgan fingerprint density at radius 2 is 1.82 bits per heavy atom. The second-order valence-corrected chi connectivity index (χ2v) is 7.94. The van der Waals surface area contributed by atoms with Gasteiger partial charge in [0.15, 0.2) is 0 Å². The van der Waals surface area contributed by atoms with Crippen molar-refractivity contribution in [2.24, 2.45) is 5.14 Å². The maximum absolute atomic E-state index is 14.9. The number of primary sulfonamides is 1. The van der Waals surface area contributed by atoms with Gasteiger partial charge in [-0.15, -0.1) is 0 Å². The average Bonchev–Trinajstić information content (AvgIpc) is 3.41. The van der Waals surface area contributed by atoms with E-state index in [0.717, 1.165) is 31.0 Å². The molecule has 174 valence electrons. The van der Waals surface area contributed by atoms with E-state index < -0.39 is 40.0 Å². The second-order valence-electron chi connectivity index (χ2n) is 6.41. The van der Waals surface area contributed by atoms with Crippen LogP contribution in [-0.4, -0.2) is 53.8 Å². The van der Waals surface area contributed by atoms with Gasteiger partial charge in [-0.05, 0) is 12.1 Å². The van der Waals surface area contributed by atoms with Crippen LogP contribution in [0.5, 0.6) is 17.5 Å². The standard InChI is InChI=1S/C18H15F3N6O5S/c1-30-15-13(32-17(20)21)16(31-2)26-18(25-15)27-7-10(33(22,28)29)8-3-4-9(19)11(12(8)27)14-23-5-6-24-14/h3-7,17H,1-2H3,(H,23,24)(H2,22,28,29). The molecule has 0 aliphatic heterocycles. The summed E-state index contributed by atoms with van der Waals surface area (Å²) in [6, 6.07) is 2.27. The largest absolute Gasteiger partial charge is 0.478 e. The predicted octanol–water partition coefficient (Wildman–Crippen LogP) is 2.22. The number of fused-ring (bicyclic) bond motifs is 1.